The first-order chi connectivity index (χ1) is 9.99. The van der Waals surface area contributed by atoms with Crippen LogP contribution in [0, 0.1) is 6.92 Å². The number of carbonyl (C=O) groups excluding carboxylic acids is 1. The largest absolute Gasteiger partial charge is 0.386 e. The summed E-state index contributed by atoms with van der Waals surface area (Å²) in [4.78, 5) is 19.8. The fourth-order valence-electron chi connectivity index (χ4n) is 1.72. The minimum absolute atomic E-state index is 0.0299. The van der Waals surface area contributed by atoms with Crippen LogP contribution in [0.15, 0.2) is 30.6 Å². The van der Waals surface area contributed by atoms with Crippen molar-refractivity contribution in [1.82, 2.24) is 15.3 Å². The third-order valence-electron chi connectivity index (χ3n) is 2.80. The predicted octanol–water partition coefficient (Wildman–Crippen LogP) is 2.56. The van der Waals surface area contributed by atoms with Gasteiger partial charge >= 0.3 is 0 Å². The van der Waals surface area contributed by atoms with Crippen LogP contribution >= 0.6 is 23.2 Å². The molecule has 0 fully saturated rings. The average molecular weight is 326 g/mol. The predicted molar refractivity (Wildman–Crippen MR) is 80.5 cm³/mol. The van der Waals surface area contributed by atoms with Crippen LogP contribution in [-0.2, 0) is 0 Å². The summed E-state index contributed by atoms with van der Waals surface area (Å²) in [6, 6.07) is 4.93. The van der Waals surface area contributed by atoms with Crippen LogP contribution in [0.4, 0.5) is 0 Å². The molecule has 0 spiro atoms. The third kappa shape index (κ3) is 3.91. The van der Waals surface area contributed by atoms with Gasteiger partial charge in [0.05, 0.1) is 18.0 Å². The maximum atomic E-state index is 11.9. The fourth-order valence-corrected chi connectivity index (χ4v) is 2.37. The Kier molecular flexibility index (Phi) is 5.12. The minimum atomic E-state index is -1.01. The number of aromatic nitrogens is 2. The average Bonchev–Trinajstić information content (AvgIpc) is 2.45. The van der Waals surface area contributed by atoms with Gasteiger partial charge in [0.1, 0.15) is 5.69 Å². The van der Waals surface area contributed by atoms with E-state index in [9.17, 15) is 9.90 Å². The van der Waals surface area contributed by atoms with Crippen LogP contribution < -0.4 is 5.32 Å². The second-order valence-electron chi connectivity index (χ2n) is 4.40. The van der Waals surface area contributed by atoms with Gasteiger partial charge in [0.2, 0.25) is 0 Å². The SMILES string of the molecule is Cc1cnc(C(=O)NCC(O)c2c(Cl)cccc2Cl)cn1. The van der Waals surface area contributed by atoms with Gasteiger partial charge in [-0.2, -0.15) is 0 Å². The molecule has 1 unspecified atom stereocenters. The third-order valence-corrected chi connectivity index (χ3v) is 3.46. The summed E-state index contributed by atoms with van der Waals surface area (Å²) in [5, 5.41) is 13.4. The molecule has 0 aliphatic rings. The molecule has 0 radical (unpaired) electrons. The van der Waals surface area contributed by atoms with Crippen molar-refractivity contribution in [3.05, 3.63) is 57.6 Å². The Bertz CT molecular complexity index is 627. The topological polar surface area (TPSA) is 75.1 Å². The number of amides is 1. The van der Waals surface area contributed by atoms with E-state index >= 15 is 0 Å². The summed E-state index contributed by atoms with van der Waals surface area (Å²) in [5.41, 5.74) is 1.28. The van der Waals surface area contributed by atoms with Crippen molar-refractivity contribution in [2.75, 3.05) is 6.54 Å². The summed E-state index contributed by atoms with van der Waals surface area (Å²) in [5.74, 6) is -0.426. The lowest BCUT2D eigenvalue weighted by Gasteiger charge is -2.15. The summed E-state index contributed by atoms with van der Waals surface area (Å²) in [6.07, 6.45) is 1.86. The Balaban J connectivity index is 2.02. The first-order valence-electron chi connectivity index (χ1n) is 6.18. The Hall–Kier alpha value is -1.69. The van der Waals surface area contributed by atoms with Crippen molar-refractivity contribution in [3.8, 4) is 0 Å². The van der Waals surface area contributed by atoms with E-state index in [1.807, 2.05) is 0 Å². The number of aliphatic hydroxyl groups is 1. The maximum absolute atomic E-state index is 11.9. The molecule has 1 atom stereocenters. The Labute approximate surface area is 131 Å². The van der Waals surface area contributed by atoms with Gasteiger partial charge in [-0.05, 0) is 19.1 Å². The highest BCUT2D eigenvalue weighted by atomic mass is 35.5. The molecule has 110 valence electrons. The number of benzene rings is 1. The summed E-state index contributed by atoms with van der Waals surface area (Å²) < 4.78 is 0. The zero-order valence-electron chi connectivity index (χ0n) is 11.2. The van der Waals surface area contributed by atoms with Gasteiger partial charge in [-0.1, -0.05) is 29.3 Å². The lowest BCUT2D eigenvalue weighted by atomic mass is 10.1. The molecule has 2 rings (SSSR count). The molecule has 1 heterocycles. The molecule has 1 aromatic heterocycles. The van der Waals surface area contributed by atoms with E-state index in [0.717, 1.165) is 5.69 Å². The molecular weight excluding hydrogens is 313 g/mol. The second kappa shape index (κ2) is 6.85. The molecule has 5 nitrogen and oxygen atoms in total. The number of hydrogen-bond acceptors (Lipinski definition) is 4. The van der Waals surface area contributed by atoms with Gasteiger partial charge in [0.25, 0.3) is 5.91 Å². The van der Waals surface area contributed by atoms with Crippen molar-refractivity contribution < 1.29 is 9.90 Å². The van der Waals surface area contributed by atoms with Gasteiger partial charge in [-0.3, -0.25) is 9.78 Å². The lowest BCUT2D eigenvalue weighted by molar-refractivity contribution is 0.0911. The van der Waals surface area contributed by atoms with E-state index in [1.165, 1.54) is 12.4 Å². The van der Waals surface area contributed by atoms with Gasteiger partial charge in [0.15, 0.2) is 0 Å². The molecule has 0 saturated heterocycles. The second-order valence-corrected chi connectivity index (χ2v) is 5.22. The zero-order valence-corrected chi connectivity index (χ0v) is 12.7. The first kappa shape index (κ1) is 15.7. The molecule has 21 heavy (non-hydrogen) atoms. The highest BCUT2D eigenvalue weighted by molar-refractivity contribution is 6.36. The highest BCUT2D eigenvalue weighted by Crippen LogP contribution is 2.29. The van der Waals surface area contributed by atoms with Crippen molar-refractivity contribution in [2.45, 2.75) is 13.0 Å². The van der Waals surface area contributed by atoms with Crippen LogP contribution in [0.25, 0.3) is 0 Å². The molecule has 0 bridgehead atoms. The van der Waals surface area contributed by atoms with Crippen LogP contribution in [0.1, 0.15) is 27.8 Å². The molecule has 0 aliphatic carbocycles. The van der Waals surface area contributed by atoms with Crippen molar-refractivity contribution >= 4 is 29.1 Å². The van der Waals surface area contributed by atoms with Crippen LogP contribution in [0.3, 0.4) is 0 Å². The first-order valence-corrected chi connectivity index (χ1v) is 6.93. The van der Waals surface area contributed by atoms with Gasteiger partial charge < -0.3 is 10.4 Å². The number of halogens is 2. The summed E-state index contributed by atoms with van der Waals surface area (Å²) >= 11 is 12.0. The van der Waals surface area contributed by atoms with Gasteiger partial charge in [-0.15, -0.1) is 0 Å². The Morgan fingerprint density at radius 2 is 1.95 bits per heavy atom. The normalized spacial score (nSPS) is 12.0. The van der Waals surface area contributed by atoms with Crippen LogP contribution in [-0.4, -0.2) is 27.5 Å². The van der Waals surface area contributed by atoms with E-state index in [4.69, 9.17) is 23.2 Å². The van der Waals surface area contributed by atoms with E-state index in [-0.39, 0.29) is 12.2 Å². The van der Waals surface area contributed by atoms with E-state index in [2.05, 4.69) is 15.3 Å². The molecular formula is C14H13Cl2N3O2. The molecule has 7 heteroatoms. The van der Waals surface area contributed by atoms with E-state index in [1.54, 1.807) is 25.1 Å². The quantitative estimate of drug-likeness (QED) is 0.905. The summed E-state index contributed by atoms with van der Waals surface area (Å²) in [7, 11) is 0. The molecule has 1 aromatic carbocycles. The zero-order chi connectivity index (χ0) is 15.4. The Morgan fingerprint density at radius 3 is 2.52 bits per heavy atom. The monoisotopic (exact) mass is 325 g/mol. The maximum Gasteiger partial charge on any atom is 0.271 e. The van der Waals surface area contributed by atoms with Crippen molar-refractivity contribution in [1.29, 1.82) is 0 Å². The molecule has 2 N–H and O–H groups in total. The number of hydrogen-bond donors (Lipinski definition) is 2. The van der Waals surface area contributed by atoms with E-state index < -0.39 is 12.0 Å². The van der Waals surface area contributed by atoms with Crippen molar-refractivity contribution in [3.63, 3.8) is 0 Å². The minimum Gasteiger partial charge on any atom is -0.386 e. The number of aliphatic hydroxyl groups excluding tert-OH is 1. The lowest BCUT2D eigenvalue weighted by Crippen LogP contribution is -2.29. The number of rotatable bonds is 4. The summed E-state index contributed by atoms with van der Waals surface area (Å²) in [6.45, 7) is 1.75. The molecule has 2 aromatic rings. The molecule has 0 saturated carbocycles. The number of aryl methyl sites for hydroxylation is 1. The Morgan fingerprint density at radius 1 is 1.29 bits per heavy atom. The highest BCUT2D eigenvalue weighted by Gasteiger charge is 2.17. The smallest absolute Gasteiger partial charge is 0.271 e. The number of carbonyl (C=O) groups is 1. The van der Waals surface area contributed by atoms with Gasteiger partial charge in [0, 0.05) is 28.4 Å². The number of nitrogens with one attached hydrogen (secondary N) is 1. The standard InChI is InChI=1S/C14H13Cl2N3O2/c1-8-5-18-11(6-17-8)14(21)19-7-12(20)13-9(15)3-2-4-10(13)16/h2-6,12,20H,7H2,1H3,(H,19,21). The van der Waals surface area contributed by atoms with Crippen molar-refractivity contribution in [2.24, 2.45) is 0 Å². The van der Waals surface area contributed by atoms with Gasteiger partial charge in [-0.25, -0.2) is 4.98 Å². The van der Waals surface area contributed by atoms with Crippen LogP contribution in [0.5, 0.6) is 0 Å². The molecule has 0 aliphatic heterocycles. The number of nitrogens with zero attached hydrogens (tertiary/aromatic N) is 2. The molecule has 1 amide bonds. The van der Waals surface area contributed by atoms with Crippen LogP contribution in [0.2, 0.25) is 10.0 Å². The van der Waals surface area contributed by atoms with E-state index in [0.29, 0.717) is 15.6 Å². The fraction of sp³-hybridized carbons (Fsp3) is 0.214.